The fourth-order valence-corrected chi connectivity index (χ4v) is 4.68. The summed E-state index contributed by atoms with van der Waals surface area (Å²) in [5, 5.41) is 11.7. The van der Waals surface area contributed by atoms with Gasteiger partial charge in [0.2, 0.25) is 0 Å². The van der Waals surface area contributed by atoms with Gasteiger partial charge in [0.15, 0.2) is 5.69 Å². The Morgan fingerprint density at radius 2 is 1.89 bits per heavy atom. The lowest BCUT2D eigenvalue weighted by atomic mass is 10.1. The van der Waals surface area contributed by atoms with Gasteiger partial charge >= 0.3 is 0 Å². The minimum atomic E-state index is -0.0102. The molecule has 156 valence electrons. The zero-order valence-electron chi connectivity index (χ0n) is 15.4. The van der Waals surface area contributed by atoms with Crippen LogP contribution in [-0.2, 0) is 6.54 Å². The van der Waals surface area contributed by atoms with Crippen molar-refractivity contribution in [3.05, 3.63) is 33.2 Å². The molecule has 0 aromatic carbocycles. The second-order valence-electron chi connectivity index (χ2n) is 6.84. The molecule has 2 aliphatic rings. The van der Waals surface area contributed by atoms with E-state index in [-0.39, 0.29) is 30.7 Å². The molecular weight excluding hydrogens is 443 g/mol. The van der Waals surface area contributed by atoms with Gasteiger partial charge in [-0.25, -0.2) is 4.68 Å². The van der Waals surface area contributed by atoms with E-state index in [4.69, 9.17) is 11.6 Å². The van der Waals surface area contributed by atoms with Gasteiger partial charge in [-0.2, -0.15) is 0 Å². The van der Waals surface area contributed by atoms with Gasteiger partial charge in [-0.05, 0) is 38.1 Å². The first-order chi connectivity index (χ1) is 12.7. The van der Waals surface area contributed by atoms with Crippen molar-refractivity contribution in [3.63, 3.8) is 0 Å². The first kappa shape index (κ1) is 23.4. The van der Waals surface area contributed by atoms with Gasteiger partial charge in [-0.3, -0.25) is 9.69 Å². The van der Waals surface area contributed by atoms with Gasteiger partial charge in [0.1, 0.15) is 0 Å². The highest BCUT2D eigenvalue weighted by Crippen LogP contribution is 2.23. The van der Waals surface area contributed by atoms with Crippen LogP contribution in [-0.4, -0.2) is 70.0 Å². The fourth-order valence-electron chi connectivity index (χ4n) is 3.55. The largest absolute Gasteiger partial charge is 0.335 e. The molecule has 0 aliphatic carbocycles. The molecule has 11 heteroatoms. The second kappa shape index (κ2) is 10.8. The highest BCUT2D eigenvalue weighted by Gasteiger charge is 2.25. The maximum Gasteiger partial charge on any atom is 0.276 e. The van der Waals surface area contributed by atoms with Gasteiger partial charge in [0.25, 0.3) is 5.91 Å². The molecule has 2 aromatic rings. The number of amides is 1. The average molecular weight is 468 g/mol. The third-order valence-electron chi connectivity index (χ3n) is 5.08. The highest BCUT2D eigenvalue weighted by molar-refractivity contribution is 7.16. The van der Waals surface area contributed by atoms with Crippen molar-refractivity contribution >= 4 is 53.7 Å². The van der Waals surface area contributed by atoms with Crippen LogP contribution in [0.2, 0.25) is 4.34 Å². The van der Waals surface area contributed by atoms with E-state index in [9.17, 15) is 4.79 Å². The number of aromatic nitrogens is 3. The summed E-state index contributed by atoms with van der Waals surface area (Å²) in [6.07, 6.45) is 3.88. The Morgan fingerprint density at radius 1 is 1.18 bits per heavy atom. The standard InChI is InChI=1S/C17H23ClN6OS.2ClH/c18-16-2-1-14(26-16)11-22-7-9-23(10-8-22)17(25)15-12-24(21-20-15)13-3-5-19-6-4-13;;/h1-2,12-13,19H,3-11H2;2*1H. The number of carbonyl (C=O) groups is 1. The van der Waals surface area contributed by atoms with E-state index < -0.39 is 0 Å². The molecule has 1 amide bonds. The Kier molecular flexibility index (Phi) is 8.98. The zero-order chi connectivity index (χ0) is 17.9. The molecule has 7 nitrogen and oxygen atoms in total. The third-order valence-corrected chi connectivity index (χ3v) is 6.30. The minimum absolute atomic E-state index is 0. The van der Waals surface area contributed by atoms with Crippen LogP contribution in [0, 0.1) is 0 Å². The van der Waals surface area contributed by atoms with E-state index >= 15 is 0 Å². The van der Waals surface area contributed by atoms with Crippen molar-refractivity contribution in [3.8, 4) is 0 Å². The Bertz CT molecular complexity index is 756. The lowest BCUT2D eigenvalue weighted by Crippen LogP contribution is -2.48. The number of hydrogen-bond acceptors (Lipinski definition) is 6. The Balaban J connectivity index is 0.00000140. The van der Waals surface area contributed by atoms with Gasteiger partial charge in [0.05, 0.1) is 16.6 Å². The normalized spacial score (nSPS) is 18.4. The number of nitrogens with zero attached hydrogens (tertiary/aromatic N) is 5. The minimum Gasteiger partial charge on any atom is -0.335 e. The molecule has 0 radical (unpaired) electrons. The van der Waals surface area contributed by atoms with Crippen LogP contribution in [0.1, 0.15) is 34.2 Å². The summed E-state index contributed by atoms with van der Waals surface area (Å²) in [6, 6.07) is 4.36. The number of rotatable bonds is 4. The summed E-state index contributed by atoms with van der Waals surface area (Å²) in [7, 11) is 0. The van der Waals surface area contributed by atoms with Gasteiger partial charge in [-0.15, -0.1) is 41.2 Å². The number of piperazine rings is 1. The van der Waals surface area contributed by atoms with Crippen LogP contribution in [0.3, 0.4) is 0 Å². The molecule has 2 aliphatic heterocycles. The van der Waals surface area contributed by atoms with Crippen LogP contribution in [0.15, 0.2) is 18.3 Å². The first-order valence-electron chi connectivity index (χ1n) is 9.07. The smallest absolute Gasteiger partial charge is 0.276 e. The summed E-state index contributed by atoms with van der Waals surface area (Å²) < 4.78 is 2.69. The number of hydrogen-bond donors (Lipinski definition) is 1. The SMILES string of the molecule is Cl.Cl.O=C(c1cn(C2CCNCC2)nn1)N1CCN(Cc2ccc(Cl)s2)CC1. The molecule has 2 fully saturated rings. The van der Waals surface area contributed by atoms with Crippen molar-refractivity contribution in [2.45, 2.75) is 25.4 Å². The predicted octanol–water partition coefficient (Wildman–Crippen LogP) is 2.72. The molecule has 0 saturated carbocycles. The van der Waals surface area contributed by atoms with E-state index in [0.29, 0.717) is 11.7 Å². The highest BCUT2D eigenvalue weighted by atomic mass is 35.5. The maximum atomic E-state index is 12.7. The molecule has 1 N–H and O–H groups in total. The van der Waals surface area contributed by atoms with Crippen molar-refractivity contribution < 1.29 is 4.79 Å². The van der Waals surface area contributed by atoms with Crippen molar-refractivity contribution in [1.82, 2.24) is 30.1 Å². The summed E-state index contributed by atoms with van der Waals surface area (Å²) in [5.74, 6) is -0.0102. The van der Waals surface area contributed by atoms with E-state index in [1.807, 2.05) is 21.8 Å². The van der Waals surface area contributed by atoms with Crippen molar-refractivity contribution in [2.24, 2.45) is 0 Å². The molecule has 2 aromatic heterocycles. The number of thiophene rings is 1. The van der Waals surface area contributed by atoms with Crippen molar-refractivity contribution in [2.75, 3.05) is 39.3 Å². The molecule has 0 unspecified atom stereocenters. The predicted molar refractivity (Wildman–Crippen MR) is 116 cm³/mol. The van der Waals surface area contributed by atoms with Crippen LogP contribution < -0.4 is 5.32 Å². The average Bonchev–Trinajstić information content (AvgIpc) is 3.32. The summed E-state index contributed by atoms with van der Waals surface area (Å²) in [4.78, 5) is 18.2. The summed E-state index contributed by atoms with van der Waals surface area (Å²) in [6.45, 7) is 6.05. The van der Waals surface area contributed by atoms with E-state index in [2.05, 4.69) is 26.6 Å². The second-order valence-corrected chi connectivity index (χ2v) is 8.64. The number of halogens is 3. The van der Waals surface area contributed by atoms with Crippen LogP contribution in [0.4, 0.5) is 0 Å². The Hall–Kier alpha value is -0.900. The molecule has 28 heavy (non-hydrogen) atoms. The molecule has 4 heterocycles. The van der Waals surface area contributed by atoms with E-state index in [0.717, 1.165) is 63.0 Å². The number of carbonyl (C=O) groups excluding carboxylic acids is 1. The van der Waals surface area contributed by atoms with Gasteiger partial charge < -0.3 is 10.2 Å². The van der Waals surface area contributed by atoms with Gasteiger partial charge in [0, 0.05) is 37.6 Å². The third kappa shape index (κ3) is 5.58. The monoisotopic (exact) mass is 466 g/mol. The fraction of sp³-hybridized carbons (Fsp3) is 0.588. The lowest BCUT2D eigenvalue weighted by Gasteiger charge is -2.34. The summed E-state index contributed by atoms with van der Waals surface area (Å²) in [5.41, 5.74) is 0.460. The zero-order valence-corrected chi connectivity index (χ0v) is 18.6. The molecule has 0 bridgehead atoms. The topological polar surface area (TPSA) is 66.3 Å². The molecule has 0 spiro atoms. The number of piperidine rings is 1. The maximum absolute atomic E-state index is 12.7. The summed E-state index contributed by atoms with van der Waals surface area (Å²) >= 11 is 7.62. The van der Waals surface area contributed by atoms with Crippen LogP contribution >= 0.6 is 47.8 Å². The molecule has 4 rings (SSSR count). The van der Waals surface area contributed by atoms with Crippen molar-refractivity contribution in [1.29, 1.82) is 0 Å². The molecular formula is C17H25Cl3N6OS. The van der Waals surface area contributed by atoms with Crippen LogP contribution in [0.25, 0.3) is 0 Å². The Labute approximate surface area is 186 Å². The van der Waals surface area contributed by atoms with E-state index in [1.165, 1.54) is 4.88 Å². The Morgan fingerprint density at radius 3 is 2.54 bits per heavy atom. The number of nitrogens with one attached hydrogen (secondary N) is 1. The van der Waals surface area contributed by atoms with Gasteiger partial charge in [-0.1, -0.05) is 16.8 Å². The first-order valence-corrected chi connectivity index (χ1v) is 10.3. The van der Waals surface area contributed by atoms with Crippen LogP contribution in [0.5, 0.6) is 0 Å². The lowest BCUT2D eigenvalue weighted by molar-refractivity contribution is 0.0623. The van der Waals surface area contributed by atoms with E-state index in [1.54, 1.807) is 11.3 Å². The quantitative estimate of drug-likeness (QED) is 0.749. The molecule has 0 atom stereocenters. The molecule has 2 saturated heterocycles.